The van der Waals surface area contributed by atoms with Crippen molar-refractivity contribution in [3.05, 3.63) is 0 Å². The van der Waals surface area contributed by atoms with E-state index in [4.69, 9.17) is 16.2 Å². The number of carbonyl (C=O) groups excluding carboxylic acids is 2. The Morgan fingerprint density at radius 2 is 1.94 bits per heavy atom. The second-order valence-electron chi connectivity index (χ2n) is 4.30. The Morgan fingerprint density at radius 1 is 1.35 bits per heavy atom. The minimum absolute atomic E-state index is 0.110. The molecule has 0 rings (SSSR count). The molecule has 0 saturated carbocycles. The molecule has 2 atom stereocenters. The summed E-state index contributed by atoms with van der Waals surface area (Å²) in [5.74, 6) is -0.730. The summed E-state index contributed by atoms with van der Waals surface area (Å²) >= 11 is 0. The lowest BCUT2D eigenvalue weighted by molar-refractivity contribution is -0.127. The highest BCUT2D eigenvalue weighted by Crippen LogP contribution is 2.03. The van der Waals surface area contributed by atoms with E-state index in [1.807, 2.05) is 20.8 Å². The van der Waals surface area contributed by atoms with Gasteiger partial charge in [-0.3, -0.25) is 9.59 Å². The third kappa shape index (κ3) is 6.91. The Morgan fingerprint density at radius 3 is 2.35 bits per heavy atom. The number of hydrogen-bond acceptors (Lipinski definition) is 4. The normalized spacial score (nSPS) is 14.4. The van der Waals surface area contributed by atoms with Gasteiger partial charge in [-0.05, 0) is 12.8 Å². The van der Waals surface area contributed by atoms with Gasteiger partial charge in [0.1, 0.15) is 0 Å². The lowest BCUT2D eigenvalue weighted by atomic mass is 10.0. The topological polar surface area (TPSA) is 107 Å². The first kappa shape index (κ1) is 15.9. The first-order valence-corrected chi connectivity index (χ1v) is 5.80. The second kappa shape index (κ2) is 8.03. The van der Waals surface area contributed by atoms with Gasteiger partial charge in [-0.15, -0.1) is 0 Å². The van der Waals surface area contributed by atoms with Gasteiger partial charge in [0.15, 0.2) is 0 Å². The Balaban J connectivity index is 4.24. The maximum absolute atomic E-state index is 11.7. The number of carbonyl (C=O) groups is 2. The molecule has 0 aliphatic heterocycles. The van der Waals surface area contributed by atoms with Crippen molar-refractivity contribution in [2.24, 2.45) is 17.4 Å². The largest absolute Gasteiger partial charge is 0.380 e. The number of ether oxygens (including phenoxy) is 1. The van der Waals surface area contributed by atoms with E-state index in [-0.39, 0.29) is 24.3 Å². The van der Waals surface area contributed by atoms with Crippen LogP contribution in [0.3, 0.4) is 0 Å². The van der Waals surface area contributed by atoms with Crippen LogP contribution in [0.5, 0.6) is 0 Å². The van der Waals surface area contributed by atoms with E-state index < -0.39 is 11.9 Å². The highest BCUT2D eigenvalue weighted by Gasteiger charge is 2.21. The second-order valence-corrected chi connectivity index (χ2v) is 4.30. The summed E-state index contributed by atoms with van der Waals surface area (Å²) in [6, 6.07) is -1.00. The molecule has 6 heteroatoms. The quantitative estimate of drug-likeness (QED) is 0.529. The first-order valence-electron chi connectivity index (χ1n) is 5.80. The minimum Gasteiger partial charge on any atom is -0.380 e. The Kier molecular flexibility index (Phi) is 7.49. The third-order valence-corrected chi connectivity index (χ3v) is 2.39. The van der Waals surface area contributed by atoms with Crippen LogP contribution in [-0.2, 0) is 14.3 Å². The molecule has 0 aliphatic rings. The smallest absolute Gasteiger partial charge is 0.237 e. The summed E-state index contributed by atoms with van der Waals surface area (Å²) in [5, 5.41) is 2.76. The molecular formula is C11H23N3O3. The molecule has 0 aromatic carbocycles. The van der Waals surface area contributed by atoms with E-state index in [2.05, 4.69) is 5.32 Å². The number of rotatable bonds is 8. The molecule has 0 heterocycles. The number of nitrogens with two attached hydrogens (primary N) is 2. The molecule has 5 N–H and O–H groups in total. The standard InChI is InChI=1S/C11H23N3O3/c1-4-17-6-9(7(2)3)14-11(16)8(12)5-10(13)15/h7-9H,4-6,12H2,1-3H3,(H2,13,15)(H,14,16). The summed E-state index contributed by atoms with van der Waals surface area (Å²) in [5.41, 5.74) is 10.5. The molecule has 0 aromatic heterocycles. The summed E-state index contributed by atoms with van der Waals surface area (Å²) in [7, 11) is 0. The van der Waals surface area contributed by atoms with Crippen molar-refractivity contribution in [3.63, 3.8) is 0 Å². The Bertz CT molecular complexity index is 256. The summed E-state index contributed by atoms with van der Waals surface area (Å²) in [6.07, 6.45) is -0.148. The van der Waals surface area contributed by atoms with Gasteiger partial charge in [0.05, 0.1) is 25.1 Å². The molecule has 0 aromatic rings. The molecule has 6 nitrogen and oxygen atoms in total. The fourth-order valence-corrected chi connectivity index (χ4v) is 1.24. The van der Waals surface area contributed by atoms with Crippen LogP contribution < -0.4 is 16.8 Å². The molecule has 0 saturated heterocycles. The molecule has 100 valence electrons. The molecule has 0 bridgehead atoms. The number of nitrogens with one attached hydrogen (secondary N) is 1. The average Bonchev–Trinajstić information content (AvgIpc) is 2.22. The van der Waals surface area contributed by atoms with E-state index in [0.717, 1.165) is 0 Å². The fraction of sp³-hybridized carbons (Fsp3) is 0.818. The predicted octanol–water partition coefficient (Wildman–Crippen LogP) is -0.634. The molecule has 2 unspecified atom stereocenters. The van der Waals surface area contributed by atoms with Gasteiger partial charge in [0.25, 0.3) is 0 Å². The van der Waals surface area contributed by atoms with Crippen molar-refractivity contribution < 1.29 is 14.3 Å². The van der Waals surface area contributed by atoms with Crippen molar-refractivity contribution in [1.82, 2.24) is 5.32 Å². The average molecular weight is 245 g/mol. The summed E-state index contributed by atoms with van der Waals surface area (Å²) < 4.78 is 5.27. The van der Waals surface area contributed by atoms with Crippen LogP contribution in [0.1, 0.15) is 27.2 Å². The predicted molar refractivity (Wildman–Crippen MR) is 65.0 cm³/mol. The lowest BCUT2D eigenvalue weighted by Crippen LogP contribution is -2.50. The van der Waals surface area contributed by atoms with E-state index in [1.165, 1.54) is 0 Å². The monoisotopic (exact) mass is 245 g/mol. The Hall–Kier alpha value is -1.14. The van der Waals surface area contributed by atoms with Crippen LogP contribution in [-0.4, -0.2) is 37.1 Å². The Labute approximate surface area is 102 Å². The first-order chi connectivity index (χ1) is 7.88. The van der Waals surface area contributed by atoms with Crippen molar-refractivity contribution in [3.8, 4) is 0 Å². The van der Waals surface area contributed by atoms with Gasteiger partial charge >= 0.3 is 0 Å². The van der Waals surface area contributed by atoms with Crippen LogP contribution in [0, 0.1) is 5.92 Å². The van der Waals surface area contributed by atoms with Crippen molar-refractivity contribution in [2.45, 2.75) is 39.3 Å². The summed E-state index contributed by atoms with van der Waals surface area (Å²) in [6.45, 7) is 6.86. The highest BCUT2D eigenvalue weighted by molar-refractivity contribution is 5.87. The van der Waals surface area contributed by atoms with E-state index in [0.29, 0.717) is 13.2 Å². The van der Waals surface area contributed by atoms with Gasteiger partial charge in [0, 0.05) is 6.61 Å². The lowest BCUT2D eigenvalue weighted by Gasteiger charge is -2.23. The van der Waals surface area contributed by atoms with Crippen LogP contribution in [0.4, 0.5) is 0 Å². The molecule has 17 heavy (non-hydrogen) atoms. The van der Waals surface area contributed by atoms with Crippen molar-refractivity contribution in [1.29, 1.82) is 0 Å². The zero-order chi connectivity index (χ0) is 13.4. The third-order valence-electron chi connectivity index (χ3n) is 2.39. The maximum atomic E-state index is 11.7. The van der Waals surface area contributed by atoms with Crippen LogP contribution in [0.25, 0.3) is 0 Å². The molecule has 0 aliphatic carbocycles. The zero-order valence-electron chi connectivity index (χ0n) is 10.7. The molecular weight excluding hydrogens is 222 g/mol. The molecule has 2 amide bonds. The number of amides is 2. The molecule has 0 spiro atoms. The van der Waals surface area contributed by atoms with Gasteiger partial charge < -0.3 is 21.5 Å². The fourth-order valence-electron chi connectivity index (χ4n) is 1.24. The van der Waals surface area contributed by atoms with E-state index in [9.17, 15) is 9.59 Å². The number of hydrogen-bond donors (Lipinski definition) is 3. The van der Waals surface area contributed by atoms with Gasteiger partial charge in [-0.2, -0.15) is 0 Å². The van der Waals surface area contributed by atoms with Crippen molar-refractivity contribution in [2.75, 3.05) is 13.2 Å². The zero-order valence-corrected chi connectivity index (χ0v) is 10.7. The van der Waals surface area contributed by atoms with Crippen LogP contribution >= 0.6 is 0 Å². The molecule has 0 fully saturated rings. The minimum atomic E-state index is -0.893. The van der Waals surface area contributed by atoms with Gasteiger partial charge in [-0.25, -0.2) is 0 Å². The van der Waals surface area contributed by atoms with Gasteiger partial charge in [-0.1, -0.05) is 13.8 Å². The highest BCUT2D eigenvalue weighted by atomic mass is 16.5. The van der Waals surface area contributed by atoms with Gasteiger partial charge in [0.2, 0.25) is 11.8 Å². The van der Waals surface area contributed by atoms with Crippen LogP contribution in [0.15, 0.2) is 0 Å². The summed E-state index contributed by atoms with van der Waals surface area (Å²) in [4.78, 5) is 22.3. The van der Waals surface area contributed by atoms with Crippen molar-refractivity contribution >= 4 is 11.8 Å². The number of primary amides is 1. The van der Waals surface area contributed by atoms with E-state index in [1.54, 1.807) is 0 Å². The molecule has 0 radical (unpaired) electrons. The van der Waals surface area contributed by atoms with Crippen LogP contribution in [0.2, 0.25) is 0 Å². The SMILES string of the molecule is CCOCC(NC(=O)C(N)CC(N)=O)C(C)C. The maximum Gasteiger partial charge on any atom is 0.237 e. The van der Waals surface area contributed by atoms with E-state index >= 15 is 0 Å².